The zero-order valence-corrected chi connectivity index (χ0v) is 11.8. The van der Waals surface area contributed by atoms with E-state index in [2.05, 4.69) is 37.1 Å². The summed E-state index contributed by atoms with van der Waals surface area (Å²) in [5, 5.41) is 5.35. The van der Waals surface area contributed by atoms with E-state index in [-0.39, 0.29) is 0 Å². The summed E-state index contributed by atoms with van der Waals surface area (Å²) >= 11 is 6.17. The van der Waals surface area contributed by atoms with Crippen molar-refractivity contribution in [2.45, 2.75) is 33.2 Å². The van der Waals surface area contributed by atoms with Crippen molar-refractivity contribution in [1.29, 1.82) is 0 Å². The fraction of sp³-hybridized carbons (Fsp3) is 0.400. The highest BCUT2D eigenvalue weighted by Gasteiger charge is 2.12. The molecule has 0 spiro atoms. The summed E-state index contributed by atoms with van der Waals surface area (Å²) in [4.78, 5) is 4.34. The van der Waals surface area contributed by atoms with Gasteiger partial charge in [-0.1, -0.05) is 31.9 Å². The minimum absolute atomic E-state index is 0.430. The third-order valence-electron chi connectivity index (χ3n) is 3.60. The average molecular weight is 263 g/mol. The molecule has 1 aromatic heterocycles. The fourth-order valence-electron chi connectivity index (χ4n) is 2.01. The largest absolute Gasteiger partial charge is 0.382 e. The number of aromatic nitrogens is 1. The van der Waals surface area contributed by atoms with Crippen LogP contribution in [0.2, 0.25) is 5.02 Å². The molecule has 0 radical (unpaired) electrons. The topological polar surface area (TPSA) is 24.9 Å². The summed E-state index contributed by atoms with van der Waals surface area (Å²) in [5.74, 6) is 0.632. The van der Waals surface area contributed by atoms with Gasteiger partial charge in [-0.2, -0.15) is 0 Å². The van der Waals surface area contributed by atoms with Crippen molar-refractivity contribution in [2.75, 3.05) is 5.32 Å². The molecule has 0 aliphatic carbocycles. The zero-order chi connectivity index (χ0) is 13.1. The molecule has 2 atom stereocenters. The first-order valence-corrected chi connectivity index (χ1v) is 6.81. The van der Waals surface area contributed by atoms with Crippen molar-refractivity contribution >= 4 is 28.2 Å². The van der Waals surface area contributed by atoms with Crippen LogP contribution in [0, 0.1) is 5.92 Å². The molecule has 1 N–H and O–H groups in total. The van der Waals surface area contributed by atoms with Gasteiger partial charge in [-0.15, -0.1) is 0 Å². The van der Waals surface area contributed by atoms with E-state index in [1.165, 1.54) is 0 Å². The van der Waals surface area contributed by atoms with Gasteiger partial charge in [-0.25, -0.2) is 0 Å². The number of anilines is 1. The molecule has 0 saturated carbocycles. The van der Waals surface area contributed by atoms with E-state index in [1.54, 1.807) is 6.20 Å². The van der Waals surface area contributed by atoms with Crippen molar-refractivity contribution < 1.29 is 0 Å². The molecular weight excluding hydrogens is 244 g/mol. The van der Waals surface area contributed by atoms with Crippen LogP contribution in [-0.4, -0.2) is 11.0 Å². The van der Waals surface area contributed by atoms with E-state index in [0.717, 1.165) is 23.0 Å². The lowest BCUT2D eigenvalue weighted by atomic mass is 10.0. The summed E-state index contributed by atoms with van der Waals surface area (Å²) in [6.07, 6.45) is 2.94. The Morgan fingerprint density at radius 2 is 2.06 bits per heavy atom. The molecule has 0 fully saturated rings. The SMILES string of the molecule is CCC(C)C(C)Nc1ccc(Cl)c2ncccc12. The average Bonchev–Trinajstić information content (AvgIpc) is 2.41. The second-order valence-corrected chi connectivity index (χ2v) is 5.22. The Morgan fingerprint density at radius 3 is 2.78 bits per heavy atom. The number of nitrogens with one attached hydrogen (secondary N) is 1. The minimum atomic E-state index is 0.430. The van der Waals surface area contributed by atoms with Crippen molar-refractivity contribution in [1.82, 2.24) is 4.98 Å². The van der Waals surface area contributed by atoms with Gasteiger partial charge in [0.1, 0.15) is 0 Å². The van der Waals surface area contributed by atoms with Crippen LogP contribution in [0.5, 0.6) is 0 Å². The molecule has 0 aliphatic heterocycles. The van der Waals surface area contributed by atoms with Crippen LogP contribution >= 0.6 is 11.6 Å². The van der Waals surface area contributed by atoms with Gasteiger partial charge >= 0.3 is 0 Å². The predicted molar refractivity (Wildman–Crippen MR) is 79.3 cm³/mol. The van der Waals surface area contributed by atoms with Crippen molar-refractivity contribution in [3.63, 3.8) is 0 Å². The standard InChI is InChI=1S/C15H19ClN2/c1-4-10(2)11(3)18-14-8-7-13(16)15-12(14)6-5-9-17-15/h5-11,18H,4H2,1-3H3. The van der Waals surface area contributed by atoms with Crippen LogP contribution in [0.4, 0.5) is 5.69 Å². The Hall–Kier alpha value is -1.28. The van der Waals surface area contributed by atoms with Gasteiger partial charge in [0.05, 0.1) is 10.5 Å². The summed E-state index contributed by atoms with van der Waals surface area (Å²) in [5.41, 5.74) is 1.97. The Morgan fingerprint density at radius 1 is 1.28 bits per heavy atom. The molecule has 0 bridgehead atoms. The van der Waals surface area contributed by atoms with Crippen LogP contribution in [0.1, 0.15) is 27.2 Å². The third-order valence-corrected chi connectivity index (χ3v) is 3.91. The lowest BCUT2D eigenvalue weighted by Crippen LogP contribution is -2.23. The number of hydrogen-bond donors (Lipinski definition) is 1. The highest BCUT2D eigenvalue weighted by molar-refractivity contribution is 6.35. The van der Waals surface area contributed by atoms with Gasteiger partial charge in [0, 0.05) is 23.3 Å². The molecule has 2 unspecified atom stereocenters. The first-order valence-electron chi connectivity index (χ1n) is 6.43. The van der Waals surface area contributed by atoms with E-state index < -0.39 is 0 Å². The normalized spacial score (nSPS) is 14.4. The highest BCUT2D eigenvalue weighted by atomic mass is 35.5. The zero-order valence-electron chi connectivity index (χ0n) is 11.1. The molecule has 18 heavy (non-hydrogen) atoms. The Bertz CT molecular complexity index is 539. The minimum Gasteiger partial charge on any atom is -0.382 e. The van der Waals surface area contributed by atoms with Gasteiger partial charge in [0.2, 0.25) is 0 Å². The van der Waals surface area contributed by atoms with E-state index >= 15 is 0 Å². The van der Waals surface area contributed by atoms with E-state index in [4.69, 9.17) is 11.6 Å². The van der Waals surface area contributed by atoms with Crippen molar-refractivity contribution in [2.24, 2.45) is 5.92 Å². The van der Waals surface area contributed by atoms with Gasteiger partial charge in [-0.3, -0.25) is 4.98 Å². The summed E-state index contributed by atoms with van der Waals surface area (Å²) < 4.78 is 0. The predicted octanol–water partition coefficient (Wildman–Crippen LogP) is 4.73. The van der Waals surface area contributed by atoms with Crippen LogP contribution in [0.25, 0.3) is 10.9 Å². The van der Waals surface area contributed by atoms with Gasteiger partial charge in [-0.05, 0) is 37.1 Å². The Balaban J connectivity index is 2.37. The maximum atomic E-state index is 6.17. The van der Waals surface area contributed by atoms with Crippen LogP contribution in [-0.2, 0) is 0 Å². The molecule has 3 heteroatoms. The Kier molecular flexibility index (Phi) is 4.07. The van der Waals surface area contributed by atoms with Gasteiger partial charge < -0.3 is 5.32 Å². The number of benzene rings is 1. The van der Waals surface area contributed by atoms with E-state index in [0.29, 0.717) is 17.0 Å². The number of rotatable bonds is 4. The van der Waals surface area contributed by atoms with Crippen molar-refractivity contribution in [3.05, 3.63) is 35.5 Å². The lowest BCUT2D eigenvalue weighted by molar-refractivity contribution is 0.495. The molecular formula is C15H19ClN2. The second kappa shape index (κ2) is 5.57. The molecule has 2 aromatic rings. The van der Waals surface area contributed by atoms with E-state index in [9.17, 15) is 0 Å². The molecule has 0 saturated heterocycles. The summed E-state index contributed by atoms with van der Waals surface area (Å²) in [6.45, 7) is 6.68. The number of pyridine rings is 1. The maximum Gasteiger partial charge on any atom is 0.0908 e. The highest BCUT2D eigenvalue weighted by Crippen LogP contribution is 2.29. The van der Waals surface area contributed by atoms with E-state index in [1.807, 2.05) is 18.2 Å². The first-order chi connectivity index (χ1) is 8.63. The van der Waals surface area contributed by atoms with Crippen LogP contribution < -0.4 is 5.32 Å². The monoisotopic (exact) mass is 262 g/mol. The third kappa shape index (κ3) is 2.59. The first kappa shape index (κ1) is 13.2. The summed E-state index contributed by atoms with van der Waals surface area (Å²) in [6, 6.07) is 8.37. The molecule has 2 nitrogen and oxygen atoms in total. The maximum absolute atomic E-state index is 6.17. The number of nitrogens with zero attached hydrogens (tertiary/aromatic N) is 1. The molecule has 2 rings (SSSR count). The molecule has 1 heterocycles. The number of halogens is 1. The van der Waals surface area contributed by atoms with Crippen LogP contribution in [0.3, 0.4) is 0 Å². The summed E-state index contributed by atoms with van der Waals surface area (Å²) in [7, 11) is 0. The molecule has 1 aromatic carbocycles. The quantitative estimate of drug-likeness (QED) is 0.861. The molecule has 96 valence electrons. The lowest BCUT2D eigenvalue weighted by Gasteiger charge is -2.22. The second-order valence-electron chi connectivity index (χ2n) is 4.81. The van der Waals surface area contributed by atoms with Gasteiger partial charge in [0.25, 0.3) is 0 Å². The Labute approximate surface area is 113 Å². The number of hydrogen-bond acceptors (Lipinski definition) is 2. The number of fused-ring (bicyclic) bond motifs is 1. The van der Waals surface area contributed by atoms with Crippen molar-refractivity contribution in [3.8, 4) is 0 Å². The fourth-order valence-corrected chi connectivity index (χ4v) is 2.22. The smallest absolute Gasteiger partial charge is 0.0908 e. The molecule has 0 aliphatic rings. The van der Waals surface area contributed by atoms with Gasteiger partial charge in [0.15, 0.2) is 0 Å². The van der Waals surface area contributed by atoms with Crippen LogP contribution in [0.15, 0.2) is 30.5 Å². The molecule has 0 amide bonds.